The third-order valence-corrected chi connectivity index (χ3v) is 3.39. The van der Waals surface area contributed by atoms with Crippen molar-refractivity contribution in [2.24, 2.45) is 4.99 Å². The molecule has 0 aliphatic heterocycles. The van der Waals surface area contributed by atoms with Crippen LogP contribution < -0.4 is 0 Å². The monoisotopic (exact) mass is 259 g/mol. The summed E-state index contributed by atoms with van der Waals surface area (Å²) in [6.07, 6.45) is 2.90. The molecule has 1 heteroatoms. The molecule has 0 heterocycles. The van der Waals surface area contributed by atoms with Crippen LogP contribution in [0.4, 0.5) is 0 Å². The van der Waals surface area contributed by atoms with Crippen molar-refractivity contribution in [1.82, 2.24) is 0 Å². The Morgan fingerprint density at radius 3 is 2.30 bits per heavy atom. The fourth-order valence-electron chi connectivity index (χ4n) is 2.29. The lowest BCUT2D eigenvalue weighted by Crippen LogP contribution is -1.88. The molecule has 0 aromatic heterocycles. The first-order valence-corrected chi connectivity index (χ1v) is 6.92. The van der Waals surface area contributed by atoms with Crippen LogP contribution in [0, 0.1) is 0 Å². The molecule has 3 aromatic rings. The standard InChI is InChI=1S/C19H17N/c1-2-6-17(7-3-1)15-20-13-12-16-10-11-18-8-4-5-9-19(18)14-16/h1-11,13-14H,12,15H2. The molecule has 0 N–H and O–H groups in total. The quantitative estimate of drug-likeness (QED) is 0.605. The smallest absolute Gasteiger partial charge is 0.0635 e. The molecule has 0 atom stereocenters. The van der Waals surface area contributed by atoms with Gasteiger partial charge < -0.3 is 0 Å². The van der Waals surface area contributed by atoms with Crippen molar-refractivity contribution in [2.45, 2.75) is 13.0 Å². The maximum atomic E-state index is 4.49. The predicted molar refractivity (Wildman–Crippen MR) is 86.3 cm³/mol. The van der Waals surface area contributed by atoms with Gasteiger partial charge in [0.1, 0.15) is 0 Å². The highest BCUT2D eigenvalue weighted by Crippen LogP contribution is 2.15. The van der Waals surface area contributed by atoms with Crippen LogP contribution in [0.3, 0.4) is 0 Å². The molecule has 0 bridgehead atoms. The molecule has 0 unspecified atom stereocenters. The van der Waals surface area contributed by atoms with E-state index in [0.29, 0.717) is 0 Å². The van der Waals surface area contributed by atoms with Crippen molar-refractivity contribution in [3.8, 4) is 0 Å². The summed E-state index contributed by atoms with van der Waals surface area (Å²) < 4.78 is 0. The first-order valence-electron chi connectivity index (χ1n) is 6.92. The Morgan fingerprint density at radius 2 is 1.45 bits per heavy atom. The predicted octanol–water partition coefficient (Wildman–Crippen LogP) is 4.65. The molecule has 0 radical (unpaired) electrons. The summed E-state index contributed by atoms with van der Waals surface area (Å²) in [5.74, 6) is 0. The third kappa shape index (κ3) is 3.12. The fraction of sp³-hybridized carbons (Fsp3) is 0.105. The number of nitrogens with zero attached hydrogens (tertiary/aromatic N) is 1. The highest BCUT2D eigenvalue weighted by atomic mass is 14.7. The molecular weight excluding hydrogens is 242 g/mol. The van der Waals surface area contributed by atoms with Crippen molar-refractivity contribution >= 4 is 17.0 Å². The number of fused-ring (bicyclic) bond motifs is 1. The molecule has 1 nitrogen and oxygen atoms in total. The van der Waals surface area contributed by atoms with Crippen LogP contribution in [0.5, 0.6) is 0 Å². The van der Waals surface area contributed by atoms with E-state index in [1.165, 1.54) is 21.9 Å². The molecule has 0 amide bonds. The lowest BCUT2D eigenvalue weighted by Gasteiger charge is -2.01. The molecule has 0 fully saturated rings. The van der Waals surface area contributed by atoms with Gasteiger partial charge in [-0.3, -0.25) is 4.99 Å². The molecule has 0 aliphatic rings. The lowest BCUT2D eigenvalue weighted by molar-refractivity contribution is 1.07. The summed E-state index contributed by atoms with van der Waals surface area (Å²) in [5, 5.41) is 2.58. The van der Waals surface area contributed by atoms with E-state index >= 15 is 0 Å². The van der Waals surface area contributed by atoms with E-state index in [1.807, 2.05) is 24.4 Å². The van der Waals surface area contributed by atoms with Crippen LogP contribution in [-0.2, 0) is 13.0 Å². The highest BCUT2D eigenvalue weighted by molar-refractivity contribution is 5.83. The van der Waals surface area contributed by atoms with Gasteiger partial charge in [-0.25, -0.2) is 0 Å². The van der Waals surface area contributed by atoms with E-state index in [2.05, 4.69) is 59.6 Å². The zero-order valence-electron chi connectivity index (χ0n) is 11.4. The van der Waals surface area contributed by atoms with Gasteiger partial charge in [0.2, 0.25) is 0 Å². The second kappa shape index (κ2) is 6.16. The van der Waals surface area contributed by atoms with Crippen LogP contribution >= 0.6 is 0 Å². The van der Waals surface area contributed by atoms with Crippen LogP contribution in [0.1, 0.15) is 11.1 Å². The summed E-state index contributed by atoms with van der Waals surface area (Å²) in [6, 6.07) is 25.4. The summed E-state index contributed by atoms with van der Waals surface area (Å²) >= 11 is 0. The minimum atomic E-state index is 0.758. The third-order valence-electron chi connectivity index (χ3n) is 3.39. The van der Waals surface area contributed by atoms with Crippen molar-refractivity contribution < 1.29 is 0 Å². The van der Waals surface area contributed by atoms with Gasteiger partial charge in [0.05, 0.1) is 6.54 Å². The highest BCUT2D eigenvalue weighted by Gasteiger charge is 1.94. The average molecular weight is 259 g/mol. The van der Waals surface area contributed by atoms with Gasteiger partial charge in [0.15, 0.2) is 0 Å². The van der Waals surface area contributed by atoms with Crippen LogP contribution in [0.25, 0.3) is 10.8 Å². The zero-order valence-corrected chi connectivity index (χ0v) is 11.4. The summed E-state index contributed by atoms with van der Waals surface area (Å²) in [4.78, 5) is 4.49. The van der Waals surface area contributed by atoms with Crippen molar-refractivity contribution in [3.05, 3.63) is 83.9 Å². The zero-order chi connectivity index (χ0) is 13.6. The Morgan fingerprint density at radius 1 is 0.700 bits per heavy atom. The Balaban J connectivity index is 1.65. The van der Waals surface area contributed by atoms with Gasteiger partial charge >= 0.3 is 0 Å². The molecule has 3 aromatic carbocycles. The molecule has 20 heavy (non-hydrogen) atoms. The van der Waals surface area contributed by atoms with Crippen LogP contribution in [-0.4, -0.2) is 6.21 Å². The molecule has 0 spiro atoms. The molecule has 0 aliphatic carbocycles. The van der Waals surface area contributed by atoms with Gasteiger partial charge in [-0.2, -0.15) is 0 Å². The Bertz CT molecular complexity index is 714. The van der Waals surface area contributed by atoms with E-state index in [0.717, 1.165) is 13.0 Å². The van der Waals surface area contributed by atoms with E-state index in [-0.39, 0.29) is 0 Å². The summed E-state index contributed by atoms with van der Waals surface area (Å²) in [5.41, 5.74) is 2.56. The van der Waals surface area contributed by atoms with Gasteiger partial charge in [-0.05, 0) is 21.9 Å². The van der Waals surface area contributed by atoms with Gasteiger partial charge in [0.25, 0.3) is 0 Å². The molecule has 0 saturated carbocycles. The number of hydrogen-bond acceptors (Lipinski definition) is 1. The number of aliphatic imine (C=N–C) groups is 1. The van der Waals surface area contributed by atoms with Crippen molar-refractivity contribution in [3.63, 3.8) is 0 Å². The number of hydrogen-bond donors (Lipinski definition) is 0. The molecule has 0 saturated heterocycles. The van der Waals surface area contributed by atoms with E-state index < -0.39 is 0 Å². The van der Waals surface area contributed by atoms with Crippen molar-refractivity contribution in [2.75, 3.05) is 0 Å². The second-order valence-corrected chi connectivity index (χ2v) is 4.89. The topological polar surface area (TPSA) is 12.4 Å². The molecule has 3 rings (SSSR count). The minimum Gasteiger partial charge on any atom is -0.292 e. The second-order valence-electron chi connectivity index (χ2n) is 4.89. The maximum absolute atomic E-state index is 4.49. The maximum Gasteiger partial charge on any atom is 0.0635 e. The first kappa shape index (κ1) is 12.6. The fourth-order valence-corrected chi connectivity index (χ4v) is 2.29. The summed E-state index contributed by atoms with van der Waals surface area (Å²) in [7, 11) is 0. The molecular formula is C19H17N. The lowest BCUT2D eigenvalue weighted by atomic mass is 10.1. The van der Waals surface area contributed by atoms with Crippen LogP contribution in [0.2, 0.25) is 0 Å². The van der Waals surface area contributed by atoms with E-state index in [9.17, 15) is 0 Å². The Labute approximate surface area is 119 Å². The number of rotatable bonds is 4. The largest absolute Gasteiger partial charge is 0.292 e. The first-order chi connectivity index (χ1) is 9.92. The van der Waals surface area contributed by atoms with Crippen molar-refractivity contribution in [1.29, 1.82) is 0 Å². The molecule has 98 valence electrons. The minimum absolute atomic E-state index is 0.758. The van der Waals surface area contributed by atoms with E-state index in [4.69, 9.17) is 0 Å². The van der Waals surface area contributed by atoms with Gasteiger partial charge in [-0.15, -0.1) is 0 Å². The van der Waals surface area contributed by atoms with Gasteiger partial charge in [-0.1, -0.05) is 72.8 Å². The van der Waals surface area contributed by atoms with E-state index in [1.54, 1.807) is 0 Å². The summed E-state index contributed by atoms with van der Waals surface area (Å²) in [6.45, 7) is 0.758. The van der Waals surface area contributed by atoms with Crippen LogP contribution in [0.15, 0.2) is 77.8 Å². The number of benzene rings is 3. The SMILES string of the molecule is C(Cc1ccc2ccccc2c1)=NCc1ccccc1. The Kier molecular flexibility index (Phi) is 3.88. The van der Waals surface area contributed by atoms with Gasteiger partial charge in [0, 0.05) is 12.6 Å². The Hall–Kier alpha value is -2.41. The normalized spacial score (nSPS) is 11.2. The average Bonchev–Trinajstić information content (AvgIpc) is 2.52.